The van der Waals surface area contributed by atoms with Crippen LogP contribution in [0.3, 0.4) is 0 Å². The molecular formula is C9H19NO2. The summed E-state index contributed by atoms with van der Waals surface area (Å²) in [5.41, 5.74) is 0. The molecule has 0 aromatic rings. The highest BCUT2D eigenvalue weighted by Crippen LogP contribution is 2.03. The second-order valence-corrected chi connectivity index (χ2v) is 3.05. The molecule has 3 heteroatoms. The van der Waals surface area contributed by atoms with E-state index in [0.29, 0.717) is 6.04 Å². The van der Waals surface area contributed by atoms with E-state index in [4.69, 9.17) is 5.11 Å². The lowest BCUT2D eigenvalue weighted by molar-refractivity contribution is -0.136. The van der Waals surface area contributed by atoms with Crippen molar-refractivity contribution in [2.45, 2.75) is 45.6 Å². The molecule has 0 aliphatic heterocycles. The average molecular weight is 173 g/mol. The lowest BCUT2D eigenvalue weighted by atomic mass is 10.1. The van der Waals surface area contributed by atoms with Gasteiger partial charge in [-0.25, -0.2) is 0 Å². The first-order valence-electron chi connectivity index (χ1n) is 4.65. The maximum absolute atomic E-state index is 10.2. The number of carbonyl (C=O) groups is 1. The van der Waals surface area contributed by atoms with Gasteiger partial charge in [0.1, 0.15) is 0 Å². The monoisotopic (exact) mass is 173 g/mol. The summed E-state index contributed by atoms with van der Waals surface area (Å²) in [5, 5.41) is 11.5. The number of carboxylic acid groups (broad SMARTS) is 1. The normalized spacial score (nSPS) is 10.6. The minimum atomic E-state index is -0.771. The van der Waals surface area contributed by atoms with Gasteiger partial charge in [0.25, 0.3) is 0 Å². The Hall–Kier alpha value is -0.570. The van der Waals surface area contributed by atoms with Gasteiger partial charge in [-0.05, 0) is 12.8 Å². The molecule has 3 nitrogen and oxygen atoms in total. The SMILES string of the molecule is CCCC(CCC)NCC(=O)O. The van der Waals surface area contributed by atoms with E-state index in [2.05, 4.69) is 19.2 Å². The molecule has 0 saturated carbocycles. The van der Waals surface area contributed by atoms with Gasteiger partial charge in [-0.15, -0.1) is 0 Å². The molecule has 0 amide bonds. The highest BCUT2D eigenvalue weighted by Gasteiger charge is 2.06. The zero-order chi connectivity index (χ0) is 9.40. The van der Waals surface area contributed by atoms with Crippen LogP contribution in [0, 0.1) is 0 Å². The Balaban J connectivity index is 3.54. The first kappa shape index (κ1) is 11.4. The summed E-state index contributed by atoms with van der Waals surface area (Å²) in [6.07, 6.45) is 4.36. The van der Waals surface area contributed by atoms with Crippen molar-refractivity contribution in [1.29, 1.82) is 0 Å². The molecule has 0 aliphatic rings. The van der Waals surface area contributed by atoms with Crippen LogP contribution < -0.4 is 5.32 Å². The predicted octanol–water partition coefficient (Wildman–Crippen LogP) is 1.63. The van der Waals surface area contributed by atoms with Crippen LogP contribution in [0.5, 0.6) is 0 Å². The third-order valence-corrected chi connectivity index (χ3v) is 1.82. The molecule has 0 unspecified atom stereocenters. The summed E-state index contributed by atoms with van der Waals surface area (Å²) < 4.78 is 0. The fourth-order valence-electron chi connectivity index (χ4n) is 1.28. The number of aliphatic carboxylic acids is 1. The summed E-state index contributed by atoms with van der Waals surface area (Å²) >= 11 is 0. The maximum Gasteiger partial charge on any atom is 0.317 e. The first-order valence-corrected chi connectivity index (χ1v) is 4.65. The van der Waals surface area contributed by atoms with Crippen molar-refractivity contribution < 1.29 is 9.90 Å². The van der Waals surface area contributed by atoms with Gasteiger partial charge in [0.05, 0.1) is 6.54 Å². The zero-order valence-corrected chi connectivity index (χ0v) is 7.97. The molecule has 0 spiro atoms. The van der Waals surface area contributed by atoms with Crippen LogP contribution in [0.1, 0.15) is 39.5 Å². The molecule has 0 radical (unpaired) electrons. The molecule has 0 aromatic carbocycles. The van der Waals surface area contributed by atoms with Gasteiger partial charge >= 0.3 is 5.97 Å². The van der Waals surface area contributed by atoms with Crippen LogP contribution in [0.2, 0.25) is 0 Å². The smallest absolute Gasteiger partial charge is 0.317 e. The minimum Gasteiger partial charge on any atom is -0.480 e. The minimum absolute atomic E-state index is 0.0880. The Morgan fingerprint density at radius 1 is 1.33 bits per heavy atom. The molecule has 0 fully saturated rings. The van der Waals surface area contributed by atoms with E-state index in [1.165, 1.54) is 0 Å². The highest BCUT2D eigenvalue weighted by atomic mass is 16.4. The fraction of sp³-hybridized carbons (Fsp3) is 0.889. The molecule has 0 saturated heterocycles. The van der Waals surface area contributed by atoms with Crippen molar-refractivity contribution >= 4 is 5.97 Å². The van der Waals surface area contributed by atoms with Gasteiger partial charge in [0.2, 0.25) is 0 Å². The van der Waals surface area contributed by atoms with Gasteiger partial charge in [0.15, 0.2) is 0 Å². The van der Waals surface area contributed by atoms with E-state index in [9.17, 15) is 4.79 Å². The molecular weight excluding hydrogens is 154 g/mol. The van der Waals surface area contributed by atoms with Crippen LogP contribution in [-0.2, 0) is 4.79 Å². The predicted molar refractivity (Wildman–Crippen MR) is 49.2 cm³/mol. The molecule has 0 aliphatic carbocycles. The van der Waals surface area contributed by atoms with Crippen LogP contribution in [0.15, 0.2) is 0 Å². The quantitative estimate of drug-likeness (QED) is 0.615. The van der Waals surface area contributed by atoms with E-state index >= 15 is 0 Å². The Labute approximate surface area is 74.2 Å². The standard InChI is InChI=1S/C9H19NO2/c1-3-5-8(6-4-2)10-7-9(11)12/h8,10H,3-7H2,1-2H3,(H,11,12). The average Bonchev–Trinajstić information content (AvgIpc) is 2.01. The second-order valence-electron chi connectivity index (χ2n) is 3.05. The van der Waals surface area contributed by atoms with Crippen molar-refractivity contribution in [3.05, 3.63) is 0 Å². The van der Waals surface area contributed by atoms with Crippen LogP contribution >= 0.6 is 0 Å². The summed E-state index contributed by atoms with van der Waals surface area (Å²) in [6.45, 7) is 4.32. The van der Waals surface area contributed by atoms with E-state index in [0.717, 1.165) is 25.7 Å². The van der Waals surface area contributed by atoms with Gasteiger partial charge in [-0.1, -0.05) is 26.7 Å². The number of rotatable bonds is 7. The summed E-state index contributed by atoms with van der Waals surface area (Å²) in [5.74, 6) is -0.771. The number of hydrogen-bond acceptors (Lipinski definition) is 2. The van der Waals surface area contributed by atoms with Crippen LogP contribution in [0.4, 0.5) is 0 Å². The Bertz CT molecular complexity index is 120. The van der Waals surface area contributed by atoms with Crippen LogP contribution in [-0.4, -0.2) is 23.7 Å². The highest BCUT2D eigenvalue weighted by molar-refractivity contribution is 5.69. The molecule has 0 aromatic heterocycles. The van der Waals surface area contributed by atoms with E-state index < -0.39 is 5.97 Å². The van der Waals surface area contributed by atoms with Crippen molar-refractivity contribution in [1.82, 2.24) is 5.32 Å². The molecule has 2 N–H and O–H groups in total. The van der Waals surface area contributed by atoms with E-state index in [1.807, 2.05) is 0 Å². The van der Waals surface area contributed by atoms with E-state index in [-0.39, 0.29) is 6.54 Å². The third kappa shape index (κ3) is 6.16. The van der Waals surface area contributed by atoms with Gasteiger partial charge in [-0.2, -0.15) is 0 Å². The number of hydrogen-bond donors (Lipinski definition) is 2. The topological polar surface area (TPSA) is 49.3 Å². The fourth-order valence-corrected chi connectivity index (χ4v) is 1.28. The maximum atomic E-state index is 10.2. The van der Waals surface area contributed by atoms with Gasteiger partial charge in [0, 0.05) is 6.04 Å². The summed E-state index contributed by atoms with van der Waals surface area (Å²) in [4.78, 5) is 10.2. The lowest BCUT2D eigenvalue weighted by Gasteiger charge is -2.15. The second kappa shape index (κ2) is 7.10. The van der Waals surface area contributed by atoms with E-state index in [1.54, 1.807) is 0 Å². The van der Waals surface area contributed by atoms with Gasteiger partial charge < -0.3 is 10.4 Å². The van der Waals surface area contributed by atoms with Crippen molar-refractivity contribution in [3.8, 4) is 0 Å². The Morgan fingerprint density at radius 2 is 1.83 bits per heavy atom. The molecule has 0 heterocycles. The first-order chi connectivity index (χ1) is 5.70. The molecule has 0 rings (SSSR count). The van der Waals surface area contributed by atoms with Crippen molar-refractivity contribution in [2.75, 3.05) is 6.54 Å². The summed E-state index contributed by atoms with van der Waals surface area (Å²) in [7, 11) is 0. The van der Waals surface area contributed by atoms with Crippen molar-refractivity contribution in [3.63, 3.8) is 0 Å². The molecule has 0 bridgehead atoms. The number of carboxylic acids is 1. The Kier molecular flexibility index (Phi) is 6.76. The van der Waals surface area contributed by atoms with Crippen LogP contribution in [0.25, 0.3) is 0 Å². The number of nitrogens with one attached hydrogen (secondary N) is 1. The Morgan fingerprint density at radius 3 is 2.17 bits per heavy atom. The van der Waals surface area contributed by atoms with Gasteiger partial charge in [-0.3, -0.25) is 4.79 Å². The molecule has 12 heavy (non-hydrogen) atoms. The lowest BCUT2D eigenvalue weighted by Crippen LogP contribution is -2.33. The zero-order valence-electron chi connectivity index (χ0n) is 7.97. The van der Waals surface area contributed by atoms with Crippen molar-refractivity contribution in [2.24, 2.45) is 0 Å². The molecule has 72 valence electrons. The summed E-state index contributed by atoms with van der Waals surface area (Å²) in [6, 6.07) is 0.385. The molecule has 0 atom stereocenters. The third-order valence-electron chi connectivity index (χ3n) is 1.82. The largest absolute Gasteiger partial charge is 0.480 e.